The summed E-state index contributed by atoms with van der Waals surface area (Å²) in [5, 5.41) is 0. The lowest BCUT2D eigenvalue weighted by Gasteiger charge is -2.03. The van der Waals surface area contributed by atoms with Crippen LogP contribution in [0.25, 0.3) is 0 Å². The van der Waals surface area contributed by atoms with Gasteiger partial charge in [-0.2, -0.15) is 4.90 Å². The Balaban J connectivity index is 2.77. The van der Waals surface area contributed by atoms with Gasteiger partial charge in [-0.25, -0.2) is 4.79 Å². The van der Waals surface area contributed by atoms with Crippen molar-refractivity contribution in [2.75, 3.05) is 0 Å². The van der Waals surface area contributed by atoms with E-state index < -0.39 is 17.8 Å². The molecule has 0 saturated heterocycles. The number of hydrogen-bond donors (Lipinski definition) is 0. The van der Waals surface area contributed by atoms with Gasteiger partial charge >= 0.3 is 5.97 Å². The fraction of sp³-hybridized carbons (Fsp3) is 0.250. The Kier molecular flexibility index (Phi) is 3.49. The molecule has 0 spiro atoms. The standard InChI is InChI=1S/C12H11NO4/c1-7(2)12(16)17-6-5-13-10(14)8(3)9(4)11(13)15/h1H2,2-4H3. The van der Waals surface area contributed by atoms with Gasteiger partial charge in [-0.05, 0) is 20.8 Å². The minimum atomic E-state index is -0.696. The summed E-state index contributed by atoms with van der Waals surface area (Å²) in [7, 11) is 0. The number of esters is 1. The molecule has 1 heterocycles. The maximum atomic E-state index is 11.5. The molecule has 0 radical (unpaired) electrons. The molecule has 0 aromatic rings. The van der Waals surface area contributed by atoms with Gasteiger partial charge < -0.3 is 4.74 Å². The number of amides is 2. The third kappa shape index (κ3) is 2.42. The van der Waals surface area contributed by atoms with Gasteiger partial charge in [-0.15, -0.1) is 0 Å². The molecule has 0 aromatic carbocycles. The maximum absolute atomic E-state index is 11.5. The second-order valence-corrected chi connectivity index (χ2v) is 3.58. The largest absolute Gasteiger partial charge is 0.367 e. The van der Waals surface area contributed by atoms with E-state index in [9.17, 15) is 14.4 Å². The molecule has 0 fully saturated rings. The third-order valence-corrected chi connectivity index (χ3v) is 2.26. The van der Waals surface area contributed by atoms with E-state index >= 15 is 0 Å². The predicted molar refractivity (Wildman–Crippen MR) is 58.9 cm³/mol. The molecule has 1 rings (SSSR count). The lowest BCUT2D eigenvalue weighted by atomic mass is 10.2. The predicted octanol–water partition coefficient (Wildman–Crippen LogP) is 0.729. The van der Waals surface area contributed by atoms with E-state index in [0.29, 0.717) is 11.1 Å². The monoisotopic (exact) mass is 233 g/mol. The number of nitrogens with zero attached hydrogens (tertiary/aromatic N) is 1. The summed E-state index contributed by atoms with van der Waals surface area (Å²) in [5.41, 5.74) is 0.870. The molecule has 0 unspecified atom stereocenters. The summed E-state index contributed by atoms with van der Waals surface area (Å²) in [5.74, 6) is -1.68. The molecule has 88 valence electrons. The molecule has 2 amide bonds. The van der Waals surface area contributed by atoms with Crippen molar-refractivity contribution in [2.45, 2.75) is 20.8 Å². The molecule has 0 aliphatic carbocycles. The van der Waals surface area contributed by atoms with Crippen molar-refractivity contribution < 1.29 is 19.1 Å². The van der Waals surface area contributed by atoms with Crippen LogP contribution in [0.2, 0.25) is 0 Å². The van der Waals surface area contributed by atoms with E-state index in [2.05, 4.69) is 17.4 Å². The van der Waals surface area contributed by atoms with Crippen molar-refractivity contribution in [2.24, 2.45) is 0 Å². The molecule has 0 atom stereocenters. The molecule has 1 aliphatic rings. The van der Waals surface area contributed by atoms with Gasteiger partial charge in [0.2, 0.25) is 0 Å². The third-order valence-electron chi connectivity index (χ3n) is 2.26. The van der Waals surface area contributed by atoms with E-state index in [-0.39, 0.29) is 5.57 Å². The van der Waals surface area contributed by atoms with Gasteiger partial charge in [0.05, 0.1) is 6.04 Å². The Morgan fingerprint density at radius 3 is 2.12 bits per heavy atom. The first-order chi connectivity index (χ1) is 7.86. The first-order valence-electron chi connectivity index (χ1n) is 4.79. The SMILES string of the molecule is C=C(C)C(=O)OC#CN1C(=O)C(C)=C(C)C1=O. The normalized spacial score (nSPS) is 14.6. The zero-order valence-corrected chi connectivity index (χ0v) is 9.79. The highest BCUT2D eigenvalue weighted by molar-refractivity contribution is 6.19. The second-order valence-electron chi connectivity index (χ2n) is 3.58. The molecular weight excluding hydrogens is 222 g/mol. The van der Waals surface area contributed by atoms with Gasteiger partial charge in [0.1, 0.15) is 6.11 Å². The smallest absolute Gasteiger partial charge is 0.347 e. The number of ether oxygens (including phenoxy) is 1. The first kappa shape index (κ1) is 12.7. The van der Waals surface area contributed by atoms with Gasteiger partial charge in [0.15, 0.2) is 0 Å². The number of hydrogen-bond acceptors (Lipinski definition) is 4. The molecule has 1 aliphatic heterocycles. The molecule has 5 heteroatoms. The number of carbonyl (C=O) groups is 3. The minimum Gasteiger partial charge on any atom is -0.367 e. The number of rotatable bonds is 1. The van der Waals surface area contributed by atoms with Crippen molar-refractivity contribution in [1.82, 2.24) is 4.90 Å². The quantitative estimate of drug-likeness (QED) is 0.290. The Morgan fingerprint density at radius 2 is 1.71 bits per heavy atom. The van der Waals surface area contributed by atoms with Crippen LogP contribution < -0.4 is 0 Å². The van der Waals surface area contributed by atoms with Crippen molar-refractivity contribution in [3.05, 3.63) is 23.3 Å². The first-order valence-corrected chi connectivity index (χ1v) is 4.79. The lowest BCUT2D eigenvalue weighted by molar-refractivity contribution is -0.135. The van der Waals surface area contributed by atoms with Crippen LogP contribution in [-0.4, -0.2) is 22.7 Å². The molecule has 0 N–H and O–H groups in total. The fourth-order valence-corrected chi connectivity index (χ4v) is 1.05. The highest BCUT2D eigenvalue weighted by atomic mass is 16.5. The highest BCUT2D eigenvalue weighted by Gasteiger charge is 2.32. The van der Waals surface area contributed by atoms with Crippen molar-refractivity contribution >= 4 is 17.8 Å². The highest BCUT2D eigenvalue weighted by Crippen LogP contribution is 2.18. The fourth-order valence-electron chi connectivity index (χ4n) is 1.05. The number of imide groups is 1. The average molecular weight is 233 g/mol. The van der Waals surface area contributed by atoms with Crippen LogP contribution in [0, 0.1) is 12.2 Å². The topological polar surface area (TPSA) is 63.7 Å². The van der Waals surface area contributed by atoms with Crippen LogP contribution in [0.5, 0.6) is 0 Å². The minimum absolute atomic E-state index is 0.184. The van der Waals surface area contributed by atoms with Crippen molar-refractivity contribution in [3.63, 3.8) is 0 Å². The number of carbonyl (C=O) groups excluding carboxylic acids is 3. The van der Waals surface area contributed by atoms with E-state index in [1.165, 1.54) is 20.8 Å². The van der Waals surface area contributed by atoms with Crippen molar-refractivity contribution in [3.8, 4) is 12.2 Å². The van der Waals surface area contributed by atoms with Crippen LogP contribution in [0.4, 0.5) is 0 Å². The molecule has 17 heavy (non-hydrogen) atoms. The zero-order chi connectivity index (χ0) is 13.2. The Labute approximate surface area is 98.7 Å². The van der Waals surface area contributed by atoms with Gasteiger partial charge in [-0.1, -0.05) is 6.58 Å². The summed E-state index contributed by atoms with van der Waals surface area (Å²) in [4.78, 5) is 34.7. The molecule has 5 nitrogen and oxygen atoms in total. The van der Waals surface area contributed by atoms with Gasteiger partial charge in [0.25, 0.3) is 11.8 Å². The van der Waals surface area contributed by atoms with Crippen LogP contribution in [-0.2, 0) is 19.1 Å². The zero-order valence-electron chi connectivity index (χ0n) is 9.79. The van der Waals surface area contributed by atoms with Crippen LogP contribution in [0.1, 0.15) is 20.8 Å². The summed E-state index contributed by atoms with van der Waals surface area (Å²) in [6.07, 6.45) is 2.01. The van der Waals surface area contributed by atoms with Crippen molar-refractivity contribution in [1.29, 1.82) is 0 Å². The van der Waals surface area contributed by atoms with E-state index in [1.54, 1.807) is 0 Å². The summed E-state index contributed by atoms with van der Waals surface area (Å²) in [6.45, 7) is 7.90. The summed E-state index contributed by atoms with van der Waals surface area (Å²) >= 11 is 0. The molecule has 0 aromatic heterocycles. The van der Waals surface area contributed by atoms with Gasteiger partial charge in [0, 0.05) is 16.7 Å². The maximum Gasteiger partial charge on any atom is 0.347 e. The summed E-state index contributed by atoms with van der Waals surface area (Å²) in [6, 6.07) is 2.19. The van der Waals surface area contributed by atoms with E-state index in [0.717, 1.165) is 4.90 Å². The molecule has 0 saturated carbocycles. The summed E-state index contributed by atoms with van der Waals surface area (Å²) < 4.78 is 4.47. The van der Waals surface area contributed by atoms with Crippen LogP contribution in [0.3, 0.4) is 0 Å². The molecule has 0 bridgehead atoms. The van der Waals surface area contributed by atoms with Gasteiger partial charge in [-0.3, -0.25) is 9.59 Å². The van der Waals surface area contributed by atoms with E-state index in [4.69, 9.17) is 0 Å². The van der Waals surface area contributed by atoms with E-state index in [1.807, 2.05) is 6.11 Å². The second kappa shape index (κ2) is 4.66. The van der Waals surface area contributed by atoms with Crippen LogP contribution in [0.15, 0.2) is 23.3 Å². The molecular formula is C12H11NO4. The Bertz CT molecular complexity index is 492. The Morgan fingerprint density at radius 1 is 1.24 bits per heavy atom. The Hall–Kier alpha value is -2.35. The lowest BCUT2D eigenvalue weighted by Crippen LogP contribution is -2.26. The van der Waals surface area contributed by atoms with Crippen LogP contribution >= 0.6 is 0 Å². The average Bonchev–Trinajstić information content (AvgIpc) is 2.46.